The van der Waals surface area contributed by atoms with Crippen molar-refractivity contribution in [2.24, 2.45) is 0 Å². The number of benzene rings is 4. The predicted octanol–water partition coefficient (Wildman–Crippen LogP) is 7.94. The molecule has 0 aliphatic rings. The first-order chi connectivity index (χ1) is 20.9. The Morgan fingerprint density at radius 3 is 1.88 bits per heavy atom. The quantitative estimate of drug-likeness (QED) is 0.204. The highest BCUT2D eigenvalue weighted by atomic mass is 15.0. The Balaban J connectivity index is 1.55. The second kappa shape index (κ2) is 10.2. The van der Waals surface area contributed by atoms with E-state index in [1.165, 1.54) is 0 Å². The van der Waals surface area contributed by atoms with Gasteiger partial charge in [0.15, 0.2) is 17.3 Å². The molecule has 8 nitrogen and oxygen atoms in total. The predicted molar refractivity (Wildman–Crippen MR) is 169 cm³/mol. The lowest BCUT2D eigenvalue weighted by atomic mass is 10.0. The van der Waals surface area contributed by atoms with E-state index in [1.807, 2.05) is 58.0 Å². The maximum absolute atomic E-state index is 7.48. The van der Waals surface area contributed by atoms with Crippen molar-refractivity contribution in [2.75, 3.05) is 0 Å². The van der Waals surface area contributed by atoms with Crippen LogP contribution in [0.4, 0.5) is 5.69 Å². The number of aromatic nitrogens is 7. The van der Waals surface area contributed by atoms with Gasteiger partial charge in [0, 0.05) is 21.9 Å². The van der Waals surface area contributed by atoms with E-state index in [0.29, 0.717) is 40.6 Å². The normalized spacial score (nSPS) is 11.2. The summed E-state index contributed by atoms with van der Waals surface area (Å²) in [6.45, 7) is 15.0. The van der Waals surface area contributed by atoms with E-state index in [-0.39, 0.29) is 0 Å². The molecule has 3 heterocycles. The summed E-state index contributed by atoms with van der Waals surface area (Å²) in [4.78, 5) is 31.2. The molecule has 0 radical (unpaired) electrons. The minimum atomic E-state index is 0.580. The van der Waals surface area contributed by atoms with E-state index in [4.69, 9.17) is 16.5 Å². The third-order valence-electron chi connectivity index (χ3n) is 7.44. The fraction of sp³-hybridized carbons (Fsp3) is 0.114. The minimum Gasteiger partial charge on any atom is -0.308 e. The molecule has 0 unspecified atom stereocenters. The largest absolute Gasteiger partial charge is 0.308 e. The number of hydrogen-bond donors (Lipinski definition) is 0. The molecule has 0 N–H and O–H groups in total. The van der Waals surface area contributed by atoms with E-state index < -0.39 is 0 Å². The maximum Gasteiger partial charge on any atom is 0.187 e. The van der Waals surface area contributed by atoms with Crippen LogP contribution in [-0.2, 0) is 0 Å². The van der Waals surface area contributed by atoms with Crippen molar-refractivity contribution in [3.63, 3.8) is 0 Å². The first-order valence-electron chi connectivity index (χ1n) is 13.9. The Labute approximate surface area is 248 Å². The van der Waals surface area contributed by atoms with E-state index in [9.17, 15) is 0 Å². The zero-order chi connectivity index (χ0) is 29.7. The summed E-state index contributed by atoms with van der Waals surface area (Å²) < 4.78 is 2.27. The SMILES string of the molecule is [C-]#[N+]c1cccc(-c2ccc3c4ccccc4n(-c4ccc(-c5nc(C)nc(C)n5)cc4-c4nc(C)nc(C)n4)c3c2)c1. The molecule has 0 saturated heterocycles. The lowest BCUT2D eigenvalue weighted by Gasteiger charge is -2.15. The van der Waals surface area contributed by atoms with Crippen molar-refractivity contribution in [3.8, 4) is 39.6 Å². The summed E-state index contributed by atoms with van der Waals surface area (Å²) in [7, 11) is 0. The van der Waals surface area contributed by atoms with Gasteiger partial charge in [0.05, 0.1) is 23.3 Å². The molecule has 0 aliphatic carbocycles. The summed E-state index contributed by atoms with van der Waals surface area (Å²) in [6.07, 6.45) is 0. The summed E-state index contributed by atoms with van der Waals surface area (Å²) >= 11 is 0. The molecule has 7 rings (SSSR count). The second-order valence-electron chi connectivity index (χ2n) is 10.5. The van der Waals surface area contributed by atoms with Gasteiger partial charge >= 0.3 is 0 Å². The first-order valence-corrected chi connectivity index (χ1v) is 13.9. The van der Waals surface area contributed by atoms with Crippen LogP contribution in [0.5, 0.6) is 0 Å². The van der Waals surface area contributed by atoms with Crippen molar-refractivity contribution < 1.29 is 0 Å². The fourth-order valence-electron chi connectivity index (χ4n) is 5.69. The van der Waals surface area contributed by atoms with Gasteiger partial charge in [-0.2, -0.15) is 0 Å². The number of nitrogens with zero attached hydrogens (tertiary/aromatic N) is 8. The average molecular weight is 559 g/mol. The Bertz CT molecular complexity index is 2220. The highest BCUT2D eigenvalue weighted by Crippen LogP contribution is 2.38. The van der Waals surface area contributed by atoms with Crippen molar-refractivity contribution in [1.82, 2.24) is 34.5 Å². The van der Waals surface area contributed by atoms with Crippen LogP contribution in [0.25, 0.3) is 66.2 Å². The van der Waals surface area contributed by atoms with Gasteiger partial charge in [-0.25, -0.2) is 34.7 Å². The van der Waals surface area contributed by atoms with Gasteiger partial charge in [0.25, 0.3) is 0 Å². The zero-order valence-corrected chi connectivity index (χ0v) is 24.2. The molecule has 8 heteroatoms. The van der Waals surface area contributed by atoms with E-state index >= 15 is 0 Å². The third-order valence-corrected chi connectivity index (χ3v) is 7.44. The topological polar surface area (TPSA) is 86.6 Å². The van der Waals surface area contributed by atoms with Crippen LogP contribution in [0.1, 0.15) is 23.3 Å². The van der Waals surface area contributed by atoms with Crippen molar-refractivity contribution >= 4 is 27.5 Å². The lowest BCUT2D eigenvalue weighted by Crippen LogP contribution is -2.04. The van der Waals surface area contributed by atoms with E-state index in [2.05, 4.69) is 83.9 Å². The standard InChI is InChI=1S/C35H26N8/c1-20-37-21(2)40-34(39-20)26-14-16-32(30(18-26)35-41-22(3)38-23(4)42-35)43-31-12-7-6-11-28(31)29-15-13-25(19-33(29)43)24-9-8-10-27(17-24)36-5/h6-19H,1-4H3. The van der Waals surface area contributed by atoms with E-state index in [1.54, 1.807) is 0 Å². The molecule has 3 aromatic heterocycles. The zero-order valence-electron chi connectivity index (χ0n) is 24.2. The van der Waals surface area contributed by atoms with Gasteiger partial charge in [0.2, 0.25) is 0 Å². The van der Waals surface area contributed by atoms with Crippen LogP contribution in [0.2, 0.25) is 0 Å². The van der Waals surface area contributed by atoms with Crippen molar-refractivity contribution in [2.45, 2.75) is 27.7 Å². The number of rotatable bonds is 4. The van der Waals surface area contributed by atoms with Crippen LogP contribution < -0.4 is 0 Å². The number of aryl methyl sites for hydroxylation is 4. The minimum absolute atomic E-state index is 0.580. The van der Waals surface area contributed by atoms with Crippen LogP contribution in [0, 0.1) is 34.3 Å². The molecule has 4 aromatic carbocycles. The smallest absolute Gasteiger partial charge is 0.187 e. The summed E-state index contributed by atoms with van der Waals surface area (Å²) in [5, 5.41) is 2.27. The molecule has 0 spiro atoms. The maximum atomic E-state index is 7.48. The van der Waals surface area contributed by atoms with Gasteiger partial charge in [-0.05, 0) is 75.2 Å². The number of hydrogen-bond acceptors (Lipinski definition) is 6. The lowest BCUT2D eigenvalue weighted by molar-refractivity contribution is 0.924. The van der Waals surface area contributed by atoms with Crippen LogP contribution >= 0.6 is 0 Å². The second-order valence-corrected chi connectivity index (χ2v) is 10.5. The van der Waals surface area contributed by atoms with Gasteiger partial charge in [-0.15, -0.1) is 0 Å². The van der Waals surface area contributed by atoms with Gasteiger partial charge in [-0.1, -0.05) is 48.5 Å². The molecule has 0 fully saturated rings. The number of para-hydroxylation sites is 1. The first kappa shape index (κ1) is 26.1. The molecule has 0 saturated carbocycles. The van der Waals surface area contributed by atoms with Gasteiger partial charge < -0.3 is 4.57 Å². The molecule has 7 aromatic rings. The summed E-state index contributed by atoms with van der Waals surface area (Å²) in [5.41, 5.74) is 7.35. The Morgan fingerprint density at radius 2 is 1.16 bits per heavy atom. The van der Waals surface area contributed by atoms with Crippen LogP contribution in [0.3, 0.4) is 0 Å². The summed E-state index contributed by atoms with van der Waals surface area (Å²) in [5.74, 6) is 3.81. The van der Waals surface area contributed by atoms with Gasteiger partial charge in [0.1, 0.15) is 23.3 Å². The Morgan fingerprint density at radius 1 is 0.535 bits per heavy atom. The Kier molecular flexibility index (Phi) is 6.21. The molecular weight excluding hydrogens is 532 g/mol. The Hall–Kier alpha value is -5.81. The fourth-order valence-corrected chi connectivity index (χ4v) is 5.69. The van der Waals surface area contributed by atoms with Gasteiger partial charge in [-0.3, -0.25) is 0 Å². The highest BCUT2D eigenvalue weighted by Gasteiger charge is 2.20. The molecule has 0 aliphatic heterocycles. The molecule has 0 amide bonds. The van der Waals surface area contributed by atoms with Crippen molar-refractivity contribution in [3.05, 3.63) is 120 Å². The van der Waals surface area contributed by atoms with Crippen LogP contribution in [-0.4, -0.2) is 34.5 Å². The monoisotopic (exact) mass is 558 g/mol. The molecule has 0 bridgehead atoms. The molecular formula is C35H26N8. The van der Waals surface area contributed by atoms with Crippen LogP contribution in [0.15, 0.2) is 84.9 Å². The van der Waals surface area contributed by atoms with Crippen molar-refractivity contribution in [1.29, 1.82) is 0 Å². The summed E-state index contributed by atoms with van der Waals surface area (Å²) in [6, 6.07) is 28.8. The highest BCUT2D eigenvalue weighted by molar-refractivity contribution is 6.10. The average Bonchev–Trinajstić information content (AvgIpc) is 3.33. The number of fused-ring (bicyclic) bond motifs is 3. The van der Waals surface area contributed by atoms with E-state index in [0.717, 1.165) is 49.7 Å². The molecule has 206 valence electrons. The third kappa shape index (κ3) is 4.67. The molecule has 0 atom stereocenters. The molecule has 43 heavy (non-hydrogen) atoms.